The molecule has 0 aliphatic carbocycles. The molecule has 0 amide bonds. The van der Waals surface area contributed by atoms with Crippen molar-refractivity contribution >= 4 is 6.29 Å². The summed E-state index contributed by atoms with van der Waals surface area (Å²) in [6.45, 7) is 4.34. The lowest BCUT2D eigenvalue weighted by Crippen LogP contribution is -1.95. The summed E-state index contributed by atoms with van der Waals surface area (Å²) in [6, 6.07) is 12.4. The molecule has 2 aromatic rings. The highest BCUT2D eigenvalue weighted by molar-refractivity contribution is 5.87. The van der Waals surface area contributed by atoms with Crippen molar-refractivity contribution < 1.29 is 9.18 Å². The quantitative estimate of drug-likeness (QED) is 0.736. The molecular formula is C17H17FO. The Bertz CT molecular complexity index is 588. The Morgan fingerprint density at radius 1 is 1.16 bits per heavy atom. The van der Waals surface area contributed by atoms with E-state index in [9.17, 15) is 9.18 Å². The fraction of sp³-hybridized carbons (Fsp3) is 0.235. The first-order valence-electron chi connectivity index (χ1n) is 6.44. The van der Waals surface area contributed by atoms with Gasteiger partial charge in [0, 0.05) is 5.56 Å². The number of halogens is 1. The van der Waals surface area contributed by atoms with Gasteiger partial charge in [0.25, 0.3) is 0 Å². The first-order chi connectivity index (χ1) is 9.10. The maximum atomic E-state index is 13.1. The molecule has 0 aliphatic heterocycles. The van der Waals surface area contributed by atoms with Crippen LogP contribution in [0.25, 0.3) is 11.1 Å². The molecule has 0 heterocycles. The van der Waals surface area contributed by atoms with E-state index in [1.807, 2.05) is 12.1 Å². The van der Waals surface area contributed by atoms with Gasteiger partial charge in [-0.05, 0) is 41.2 Å². The van der Waals surface area contributed by atoms with E-state index in [-0.39, 0.29) is 5.82 Å². The molecule has 0 N–H and O–H groups in total. The second-order valence-corrected chi connectivity index (χ2v) is 5.15. The summed E-state index contributed by atoms with van der Waals surface area (Å²) < 4.78 is 13.1. The number of aldehydes is 1. The van der Waals surface area contributed by atoms with Gasteiger partial charge < -0.3 is 0 Å². The van der Waals surface area contributed by atoms with Crippen molar-refractivity contribution in [1.29, 1.82) is 0 Å². The Morgan fingerprint density at radius 2 is 1.95 bits per heavy atom. The second-order valence-electron chi connectivity index (χ2n) is 5.15. The zero-order chi connectivity index (χ0) is 13.8. The van der Waals surface area contributed by atoms with E-state index in [0.29, 0.717) is 17.8 Å². The summed E-state index contributed by atoms with van der Waals surface area (Å²) in [5.41, 5.74) is 3.36. The van der Waals surface area contributed by atoms with E-state index in [0.717, 1.165) is 17.5 Å². The third-order valence-electron chi connectivity index (χ3n) is 3.02. The largest absolute Gasteiger partial charge is 0.298 e. The molecule has 98 valence electrons. The van der Waals surface area contributed by atoms with Gasteiger partial charge in [-0.1, -0.05) is 44.2 Å². The van der Waals surface area contributed by atoms with E-state index in [4.69, 9.17) is 0 Å². The molecule has 0 atom stereocenters. The minimum atomic E-state index is -0.385. The van der Waals surface area contributed by atoms with E-state index >= 15 is 0 Å². The lowest BCUT2D eigenvalue weighted by atomic mass is 9.95. The Labute approximate surface area is 113 Å². The first kappa shape index (κ1) is 13.5. The predicted octanol–water partition coefficient (Wildman–Crippen LogP) is 4.50. The van der Waals surface area contributed by atoms with Crippen LogP contribution in [0.5, 0.6) is 0 Å². The van der Waals surface area contributed by atoms with Gasteiger partial charge in [0.1, 0.15) is 5.82 Å². The Hall–Kier alpha value is -1.96. The highest BCUT2D eigenvalue weighted by atomic mass is 19.1. The summed E-state index contributed by atoms with van der Waals surface area (Å²) in [7, 11) is 0. The SMILES string of the molecule is CC(C)Cc1cccc(-c2ccc(F)cc2C=O)c1. The zero-order valence-corrected chi connectivity index (χ0v) is 11.2. The van der Waals surface area contributed by atoms with Crippen LogP contribution in [0, 0.1) is 11.7 Å². The van der Waals surface area contributed by atoms with Crippen LogP contribution < -0.4 is 0 Å². The monoisotopic (exact) mass is 256 g/mol. The van der Waals surface area contributed by atoms with Gasteiger partial charge in [-0.2, -0.15) is 0 Å². The molecule has 2 aromatic carbocycles. The summed E-state index contributed by atoms with van der Waals surface area (Å²) in [6.07, 6.45) is 1.69. The van der Waals surface area contributed by atoms with Gasteiger partial charge in [0.05, 0.1) is 0 Å². The maximum Gasteiger partial charge on any atom is 0.150 e. The lowest BCUT2D eigenvalue weighted by molar-refractivity contribution is 0.112. The smallest absolute Gasteiger partial charge is 0.150 e. The van der Waals surface area contributed by atoms with Gasteiger partial charge >= 0.3 is 0 Å². The molecule has 0 aromatic heterocycles. The number of carbonyl (C=O) groups excluding carboxylic acids is 1. The number of rotatable bonds is 4. The summed E-state index contributed by atoms with van der Waals surface area (Å²) >= 11 is 0. The molecule has 0 radical (unpaired) electrons. The standard InChI is InChI=1S/C17H17FO/c1-12(2)8-13-4-3-5-14(9-13)17-7-6-16(18)10-15(17)11-19/h3-7,9-12H,8H2,1-2H3. The zero-order valence-electron chi connectivity index (χ0n) is 11.2. The summed E-state index contributed by atoms with van der Waals surface area (Å²) in [5, 5.41) is 0. The molecule has 19 heavy (non-hydrogen) atoms. The first-order valence-corrected chi connectivity index (χ1v) is 6.44. The Morgan fingerprint density at radius 3 is 2.63 bits per heavy atom. The summed E-state index contributed by atoms with van der Waals surface area (Å²) in [4.78, 5) is 11.0. The second kappa shape index (κ2) is 5.79. The molecule has 2 heteroatoms. The molecular weight excluding hydrogens is 239 g/mol. The topological polar surface area (TPSA) is 17.1 Å². The van der Waals surface area contributed by atoms with Crippen LogP contribution in [0.2, 0.25) is 0 Å². The molecule has 0 spiro atoms. The normalized spacial score (nSPS) is 10.7. The van der Waals surface area contributed by atoms with E-state index < -0.39 is 0 Å². The van der Waals surface area contributed by atoms with Gasteiger partial charge in [-0.3, -0.25) is 4.79 Å². The van der Waals surface area contributed by atoms with Crippen LogP contribution in [-0.2, 0) is 6.42 Å². The van der Waals surface area contributed by atoms with E-state index in [2.05, 4.69) is 26.0 Å². The molecule has 1 nitrogen and oxygen atoms in total. The molecule has 0 aliphatic rings. The van der Waals surface area contributed by atoms with Gasteiger partial charge in [0.15, 0.2) is 6.29 Å². The van der Waals surface area contributed by atoms with Crippen LogP contribution in [0.15, 0.2) is 42.5 Å². The number of hydrogen-bond acceptors (Lipinski definition) is 1. The van der Waals surface area contributed by atoms with Gasteiger partial charge in [-0.15, -0.1) is 0 Å². The van der Waals surface area contributed by atoms with E-state index in [1.54, 1.807) is 6.07 Å². The van der Waals surface area contributed by atoms with Crippen LogP contribution >= 0.6 is 0 Å². The fourth-order valence-electron chi connectivity index (χ4n) is 2.23. The molecule has 0 saturated carbocycles. The van der Waals surface area contributed by atoms with Crippen LogP contribution in [-0.4, -0.2) is 6.29 Å². The third kappa shape index (κ3) is 3.28. The van der Waals surface area contributed by atoms with Crippen molar-refractivity contribution in [3.63, 3.8) is 0 Å². The lowest BCUT2D eigenvalue weighted by Gasteiger charge is -2.09. The molecule has 0 bridgehead atoms. The van der Waals surface area contributed by atoms with Crippen LogP contribution in [0.1, 0.15) is 29.8 Å². The fourth-order valence-corrected chi connectivity index (χ4v) is 2.23. The van der Waals surface area contributed by atoms with Crippen molar-refractivity contribution in [1.82, 2.24) is 0 Å². The number of carbonyl (C=O) groups is 1. The van der Waals surface area contributed by atoms with Crippen LogP contribution in [0.3, 0.4) is 0 Å². The predicted molar refractivity (Wildman–Crippen MR) is 75.8 cm³/mol. The Balaban J connectivity index is 2.44. The molecule has 0 saturated heterocycles. The van der Waals surface area contributed by atoms with Crippen molar-refractivity contribution in [3.8, 4) is 11.1 Å². The number of hydrogen-bond donors (Lipinski definition) is 0. The number of benzene rings is 2. The average Bonchev–Trinajstić information content (AvgIpc) is 2.38. The van der Waals surface area contributed by atoms with Gasteiger partial charge in [0.2, 0.25) is 0 Å². The van der Waals surface area contributed by atoms with Crippen LogP contribution in [0.4, 0.5) is 4.39 Å². The molecule has 0 fully saturated rings. The highest BCUT2D eigenvalue weighted by Crippen LogP contribution is 2.25. The minimum absolute atomic E-state index is 0.385. The summed E-state index contributed by atoms with van der Waals surface area (Å²) in [5.74, 6) is 0.193. The van der Waals surface area contributed by atoms with Crippen molar-refractivity contribution in [2.45, 2.75) is 20.3 Å². The average molecular weight is 256 g/mol. The highest BCUT2D eigenvalue weighted by Gasteiger charge is 2.07. The maximum absolute atomic E-state index is 13.1. The van der Waals surface area contributed by atoms with Crippen molar-refractivity contribution in [2.24, 2.45) is 5.92 Å². The van der Waals surface area contributed by atoms with Crippen molar-refractivity contribution in [2.75, 3.05) is 0 Å². The Kier molecular flexibility index (Phi) is 4.10. The van der Waals surface area contributed by atoms with Gasteiger partial charge in [-0.25, -0.2) is 4.39 Å². The van der Waals surface area contributed by atoms with Crippen molar-refractivity contribution in [3.05, 3.63) is 59.4 Å². The van der Waals surface area contributed by atoms with E-state index in [1.165, 1.54) is 17.7 Å². The minimum Gasteiger partial charge on any atom is -0.298 e. The molecule has 0 unspecified atom stereocenters. The third-order valence-corrected chi connectivity index (χ3v) is 3.02. The molecule has 2 rings (SSSR count).